The van der Waals surface area contributed by atoms with E-state index < -0.39 is 11.7 Å². The third-order valence-electron chi connectivity index (χ3n) is 3.59. The first-order valence-corrected chi connectivity index (χ1v) is 6.60. The summed E-state index contributed by atoms with van der Waals surface area (Å²) < 4.78 is 38.6. The Kier molecular flexibility index (Phi) is 4.32. The molecule has 1 aromatic rings. The molecule has 1 amide bonds. The van der Waals surface area contributed by atoms with Gasteiger partial charge < -0.3 is 10.6 Å². The van der Waals surface area contributed by atoms with E-state index in [9.17, 15) is 18.0 Å². The SMILES string of the molecule is CC1NCCCC1C(=O)Nc1ccccc1C(F)(F)F. The number of carbonyl (C=O) groups excluding carboxylic acids is 1. The number of nitrogens with one attached hydrogen (secondary N) is 2. The smallest absolute Gasteiger partial charge is 0.325 e. The van der Waals surface area contributed by atoms with E-state index in [2.05, 4.69) is 10.6 Å². The Morgan fingerprint density at radius 3 is 2.70 bits per heavy atom. The Morgan fingerprint density at radius 1 is 1.35 bits per heavy atom. The van der Waals surface area contributed by atoms with Crippen LogP contribution in [0.1, 0.15) is 25.3 Å². The van der Waals surface area contributed by atoms with Crippen molar-refractivity contribution >= 4 is 11.6 Å². The molecule has 0 aliphatic carbocycles. The molecule has 2 atom stereocenters. The van der Waals surface area contributed by atoms with Gasteiger partial charge in [-0.25, -0.2) is 0 Å². The Labute approximate surface area is 115 Å². The number of carbonyl (C=O) groups is 1. The summed E-state index contributed by atoms with van der Waals surface area (Å²) in [7, 11) is 0. The molecule has 1 saturated heterocycles. The highest BCUT2D eigenvalue weighted by atomic mass is 19.4. The molecule has 1 aliphatic heterocycles. The second-order valence-electron chi connectivity index (χ2n) is 5.02. The molecule has 2 unspecified atom stereocenters. The molecule has 1 fully saturated rings. The Bertz CT molecular complexity index is 488. The van der Waals surface area contributed by atoms with Crippen molar-refractivity contribution in [2.24, 2.45) is 5.92 Å². The highest BCUT2D eigenvalue weighted by Crippen LogP contribution is 2.35. The highest BCUT2D eigenvalue weighted by Gasteiger charge is 2.35. The van der Waals surface area contributed by atoms with Crippen LogP contribution >= 0.6 is 0 Å². The molecular weight excluding hydrogens is 269 g/mol. The van der Waals surface area contributed by atoms with E-state index in [1.54, 1.807) is 0 Å². The van der Waals surface area contributed by atoms with Gasteiger partial charge in [0.25, 0.3) is 0 Å². The lowest BCUT2D eigenvalue weighted by molar-refractivity contribution is -0.137. The van der Waals surface area contributed by atoms with E-state index >= 15 is 0 Å². The van der Waals surface area contributed by atoms with Gasteiger partial charge in [-0.1, -0.05) is 12.1 Å². The van der Waals surface area contributed by atoms with Gasteiger partial charge in [0.05, 0.1) is 17.2 Å². The summed E-state index contributed by atoms with van der Waals surface area (Å²) in [4.78, 5) is 12.1. The molecule has 1 aromatic carbocycles. The maximum Gasteiger partial charge on any atom is 0.418 e. The maximum atomic E-state index is 12.9. The van der Waals surface area contributed by atoms with Gasteiger partial charge in [0.15, 0.2) is 0 Å². The van der Waals surface area contributed by atoms with Gasteiger partial charge in [0, 0.05) is 6.04 Å². The summed E-state index contributed by atoms with van der Waals surface area (Å²) >= 11 is 0. The van der Waals surface area contributed by atoms with Crippen molar-refractivity contribution in [3.8, 4) is 0 Å². The van der Waals surface area contributed by atoms with Gasteiger partial charge in [-0.15, -0.1) is 0 Å². The summed E-state index contributed by atoms with van der Waals surface area (Å²) in [6.07, 6.45) is -2.93. The number of amides is 1. The summed E-state index contributed by atoms with van der Waals surface area (Å²) in [5.74, 6) is -0.661. The molecule has 2 N–H and O–H groups in total. The van der Waals surface area contributed by atoms with Crippen LogP contribution in [0.2, 0.25) is 0 Å². The van der Waals surface area contributed by atoms with Crippen molar-refractivity contribution in [3.63, 3.8) is 0 Å². The van der Waals surface area contributed by atoms with E-state index in [1.165, 1.54) is 18.2 Å². The predicted molar refractivity (Wildman–Crippen MR) is 70.3 cm³/mol. The van der Waals surface area contributed by atoms with Crippen LogP contribution in [0.15, 0.2) is 24.3 Å². The highest BCUT2D eigenvalue weighted by molar-refractivity contribution is 5.93. The Hall–Kier alpha value is -1.56. The molecule has 2 rings (SSSR count). The molecule has 6 heteroatoms. The molecule has 0 saturated carbocycles. The number of hydrogen-bond donors (Lipinski definition) is 2. The fraction of sp³-hybridized carbons (Fsp3) is 0.500. The Morgan fingerprint density at radius 2 is 2.05 bits per heavy atom. The van der Waals surface area contributed by atoms with E-state index in [-0.39, 0.29) is 23.6 Å². The minimum absolute atomic E-state index is 0.0261. The number of hydrogen-bond acceptors (Lipinski definition) is 2. The standard InChI is InChI=1S/C14H17F3N2O/c1-9-10(5-4-8-18-9)13(20)19-12-7-3-2-6-11(12)14(15,16)17/h2-3,6-7,9-10,18H,4-5,8H2,1H3,(H,19,20). The molecular formula is C14H17F3N2O. The molecule has 1 heterocycles. The molecule has 0 aromatic heterocycles. The number of piperidine rings is 1. The van der Waals surface area contributed by atoms with Gasteiger partial charge in [-0.05, 0) is 38.4 Å². The maximum absolute atomic E-state index is 12.9. The fourth-order valence-electron chi connectivity index (χ4n) is 2.47. The summed E-state index contributed by atoms with van der Waals surface area (Å²) in [5, 5.41) is 5.58. The minimum Gasteiger partial charge on any atom is -0.325 e. The third kappa shape index (κ3) is 3.30. The van der Waals surface area contributed by atoms with Crippen LogP contribution < -0.4 is 10.6 Å². The van der Waals surface area contributed by atoms with Gasteiger partial charge >= 0.3 is 6.18 Å². The second kappa shape index (κ2) is 5.83. The molecule has 3 nitrogen and oxygen atoms in total. The van der Waals surface area contributed by atoms with Crippen molar-refractivity contribution in [2.75, 3.05) is 11.9 Å². The Balaban J connectivity index is 2.16. The van der Waals surface area contributed by atoms with Gasteiger partial charge in [-0.2, -0.15) is 13.2 Å². The molecule has 0 bridgehead atoms. The molecule has 0 radical (unpaired) electrons. The number of alkyl halides is 3. The van der Waals surface area contributed by atoms with Crippen LogP contribution in [0.5, 0.6) is 0 Å². The van der Waals surface area contributed by atoms with Gasteiger partial charge in [-0.3, -0.25) is 4.79 Å². The molecule has 110 valence electrons. The summed E-state index contributed by atoms with van der Waals surface area (Å²) in [6, 6.07) is 5.01. The van der Waals surface area contributed by atoms with Crippen molar-refractivity contribution < 1.29 is 18.0 Å². The zero-order valence-electron chi connectivity index (χ0n) is 11.1. The van der Waals surface area contributed by atoms with Crippen LogP contribution in [0.3, 0.4) is 0 Å². The normalized spacial score (nSPS) is 23.4. The fourth-order valence-corrected chi connectivity index (χ4v) is 2.47. The average molecular weight is 286 g/mol. The first-order chi connectivity index (χ1) is 9.39. The molecule has 0 spiro atoms. The largest absolute Gasteiger partial charge is 0.418 e. The predicted octanol–water partition coefficient (Wildman–Crippen LogP) is 3.03. The molecule has 20 heavy (non-hydrogen) atoms. The van der Waals surface area contributed by atoms with E-state index in [0.717, 1.165) is 19.0 Å². The van der Waals surface area contributed by atoms with Crippen LogP contribution in [0.25, 0.3) is 0 Å². The summed E-state index contributed by atoms with van der Waals surface area (Å²) in [5.41, 5.74) is -0.993. The summed E-state index contributed by atoms with van der Waals surface area (Å²) in [6.45, 7) is 2.71. The van der Waals surface area contributed by atoms with E-state index in [4.69, 9.17) is 0 Å². The zero-order valence-corrected chi connectivity index (χ0v) is 11.1. The van der Waals surface area contributed by atoms with Gasteiger partial charge in [0.1, 0.15) is 0 Å². The van der Waals surface area contributed by atoms with E-state index in [1.807, 2.05) is 6.92 Å². The van der Waals surface area contributed by atoms with Crippen LogP contribution in [0.4, 0.5) is 18.9 Å². The first kappa shape index (κ1) is 14.8. The van der Waals surface area contributed by atoms with Crippen LogP contribution in [0, 0.1) is 5.92 Å². The lowest BCUT2D eigenvalue weighted by Gasteiger charge is -2.29. The van der Waals surface area contributed by atoms with Crippen molar-refractivity contribution in [1.29, 1.82) is 0 Å². The number of rotatable bonds is 2. The number of halogens is 3. The van der Waals surface area contributed by atoms with Crippen LogP contribution in [-0.2, 0) is 11.0 Å². The topological polar surface area (TPSA) is 41.1 Å². The van der Waals surface area contributed by atoms with Crippen molar-refractivity contribution in [1.82, 2.24) is 5.32 Å². The quantitative estimate of drug-likeness (QED) is 0.877. The van der Waals surface area contributed by atoms with Gasteiger partial charge in [0.2, 0.25) is 5.91 Å². The second-order valence-corrected chi connectivity index (χ2v) is 5.02. The van der Waals surface area contributed by atoms with E-state index in [0.29, 0.717) is 6.42 Å². The first-order valence-electron chi connectivity index (χ1n) is 6.60. The average Bonchev–Trinajstić information content (AvgIpc) is 2.38. The van der Waals surface area contributed by atoms with Crippen LogP contribution in [-0.4, -0.2) is 18.5 Å². The number of benzene rings is 1. The van der Waals surface area contributed by atoms with Crippen molar-refractivity contribution in [3.05, 3.63) is 29.8 Å². The van der Waals surface area contributed by atoms with Crippen molar-refractivity contribution in [2.45, 2.75) is 32.0 Å². The minimum atomic E-state index is -4.47. The lowest BCUT2D eigenvalue weighted by atomic mass is 9.91. The zero-order chi connectivity index (χ0) is 14.8. The lowest BCUT2D eigenvalue weighted by Crippen LogP contribution is -2.44. The number of anilines is 1. The monoisotopic (exact) mass is 286 g/mol. The third-order valence-corrected chi connectivity index (χ3v) is 3.59. The molecule has 1 aliphatic rings. The number of para-hydroxylation sites is 1.